The molecule has 27 heavy (non-hydrogen) atoms. The number of nitro groups is 1. The topological polar surface area (TPSA) is 101 Å². The average molecular weight is 386 g/mol. The van der Waals surface area contributed by atoms with Crippen LogP contribution >= 0.6 is 0 Å². The first kappa shape index (κ1) is 25.6. The third kappa shape index (κ3) is 11.1. The van der Waals surface area contributed by atoms with E-state index < -0.39 is 30.0 Å². The second kappa shape index (κ2) is 15.6. The molecule has 6 nitrogen and oxygen atoms in total. The lowest BCUT2D eigenvalue weighted by Gasteiger charge is -2.25. The number of hydrogen-bond acceptors (Lipinski definition) is 4. The number of aliphatic hydroxyl groups excluding tert-OH is 1. The highest BCUT2D eigenvalue weighted by molar-refractivity contribution is 5.71. The fourth-order valence-electron chi connectivity index (χ4n) is 3.64. The molecule has 0 rings (SSSR count). The van der Waals surface area contributed by atoms with Gasteiger partial charge in [0.1, 0.15) is 0 Å². The van der Waals surface area contributed by atoms with Crippen molar-refractivity contribution >= 4 is 5.97 Å². The van der Waals surface area contributed by atoms with Gasteiger partial charge in [-0.15, -0.1) is 0 Å². The first-order chi connectivity index (χ1) is 12.9. The molecule has 0 heterocycles. The van der Waals surface area contributed by atoms with Crippen molar-refractivity contribution in [3.8, 4) is 0 Å². The van der Waals surface area contributed by atoms with E-state index in [0.717, 1.165) is 25.7 Å². The molecule has 0 aromatic heterocycles. The van der Waals surface area contributed by atoms with Gasteiger partial charge < -0.3 is 10.2 Å². The van der Waals surface area contributed by atoms with E-state index in [1.165, 1.54) is 44.6 Å². The molecule has 0 bridgehead atoms. The lowest BCUT2D eigenvalue weighted by Crippen LogP contribution is -2.41. The van der Waals surface area contributed by atoms with E-state index in [1.54, 1.807) is 19.9 Å². The van der Waals surface area contributed by atoms with Crippen LogP contribution in [0.25, 0.3) is 0 Å². The third-order valence-corrected chi connectivity index (χ3v) is 5.34. The minimum atomic E-state index is -1.21. The average Bonchev–Trinajstić information content (AvgIpc) is 2.59. The SMILES string of the molecule is CC=CC(O)C(C(=O)O)C(C)C(CCCCCCCCCCCC)[N+](=O)[O-]. The third-order valence-electron chi connectivity index (χ3n) is 5.34. The number of unbranched alkanes of at least 4 members (excludes halogenated alkanes) is 9. The summed E-state index contributed by atoms with van der Waals surface area (Å²) in [5, 5.41) is 30.9. The second-order valence-electron chi connectivity index (χ2n) is 7.56. The number of carboxylic acid groups (broad SMARTS) is 1. The molecule has 0 aliphatic heterocycles. The van der Waals surface area contributed by atoms with Crippen LogP contribution in [-0.4, -0.2) is 33.3 Å². The zero-order valence-corrected chi connectivity index (χ0v) is 17.3. The fourth-order valence-corrected chi connectivity index (χ4v) is 3.64. The van der Waals surface area contributed by atoms with Gasteiger partial charge in [0.2, 0.25) is 6.04 Å². The molecular formula is C21H39NO5. The molecular weight excluding hydrogens is 346 g/mol. The van der Waals surface area contributed by atoms with Crippen LogP contribution in [0, 0.1) is 22.0 Å². The zero-order valence-electron chi connectivity index (χ0n) is 17.3. The van der Waals surface area contributed by atoms with Crippen LogP contribution in [0.1, 0.15) is 91.4 Å². The number of allylic oxidation sites excluding steroid dienone is 1. The highest BCUT2D eigenvalue weighted by atomic mass is 16.6. The Morgan fingerprint density at radius 1 is 1.04 bits per heavy atom. The Morgan fingerprint density at radius 3 is 1.93 bits per heavy atom. The molecule has 0 spiro atoms. The Kier molecular flexibility index (Phi) is 14.8. The largest absolute Gasteiger partial charge is 0.481 e. The number of carboxylic acids is 1. The van der Waals surface area contributed by atoms with Crippen molar-refractivity contribution in [3.05, 3.63) is 22.3 Å². The van der Waals surface area contributed by atoms with Crippen molar-refractivity contribution in [1.29, 1.82) is 0 Å². The lowest BCUT2D eigenvalue weighted by atomic mass is 9.81. The molecule has 0 radical (unpaired) electrons. The normalized spacial score (nSPS) is 16.1. The zero-order chi connectivity index (χ0) is 20.7. The van der Waals surface area contributed by atoms with Crippen LogP contribution in [0.3, 0.4) is 0 Å². The van der Waals surface area contributed by atoms with Gasteiger partial charge in [0.05, 0.1) is 12.0 Å². The maximum Gasteiger partial charge on any atom is 0.310 e. The summed E-state index contributed by atoms with van der Waals surface area (Å²) in [4.78, 5) is 22.6. The molecule has 0 aliphatic carbocycles. The molecule has 0 amide bonds. The smallest absolute Gasteiger partial charge is 0.310 e. The van der Waals surface area contributed by atoms with Crippen molar-refractivity contribution in [3.63, 3.8) is 0 Å². The number of hydrogen-bond donors (Lipinski definition) is 2. The van der Waals surface area contributed by atoms with E-state index in [4.69, 9.17) is 0 Å². The van der Waals surface area contributed by atoms with Gasteiger partial charge in [-0.2, -0.15) is 0 Å². The van der Waals surface area contributed by atoms with Gasteiger partial charge in [0.25, 0.3) is 0 Å². The Bertz CT molecular complexity index is 438. The number of nitrogens with zero attached hydrogens (tertiary/aromatic N) is 1. The lowest BCUT2D eigenvalue weighted by molar-refractivity contribution is -0.534. The molecule has 0 saturated heterocycles. The Labute approximate surface area is 164 Å². The van der Waals surface area contributed by atoms with Crippen LogP contribution in [0.15, 0.2) is 12.2 Å². The summed E-state index contributed by atoms with van der Waals surface area (Å²) in [7, 11) is 0. The number of aliphatic hydroxyl groups is 1. The van der Waals surface area contributed by atoms with Crippen LogP contribution in [0.2, 0.25) is 0 Å². The van der Waals surface area contributed by atoms with Gasteiger partial charge in [0.15, 0.2) is 0 Å². The number of carbonyl (C=O) groups is 1. The van der Waals surface area contributed by atoms with Gasteiger partial charge >= 0.3 is 5.97 Å². The minimum Gasteiger partial charge on any atom is -0.481 e. The maximum atomic E-state index is 11.5. The summed E-state index contributed by atoms with van der Waals surface area (Å²) in [5.41, 5.74) is 0. The van der Waals surface area contributed by atoms with E-state index >= 15 is 0 Å². The van der Waals surface area contributed by atoms with Crippen molar-refractivity contribution in [2.75, 3.05) is 0 Å². The summed E-state index contributed by atoms with van der Waals surface area (Å²) in [5.74, 6) is -3.09. The van der Waals surface area contributed by atoms with Gasteiger partial charge in [-0.25, -0.2) is 0 Å². The number of aliphatic carboxylic acids is 1. The number of rotatable bonds is 17. The van der Waals surface area contributed by atoms with Crippen LogP contribution < -0.4 is 0 Å². The highest BCUT2D eigenvalue weighted by Gasteiger charge is 2.40. The molecule has 0 aromatic rings. The molecule has 6 heteroatoms. The minimum absolute atomic E-state index is 0.358. The molecule has 0 saturated carbocycles. The summed E-state index contributed by atoms with van der Waals surface area (Å²) >= 11 is 0. The van der Waals surface area contributed by atoms with Crippen LogP contribution in [0.5, 0.6) is 0 Å². The highest BCUT2D eigenvalue weighted by Crippen LogP contribution is 2.26. The molecule has 2 N–H and O–H groups in total. The maximum absolute atomic E-state index is 11.5. The molecule has 0 fully saturated rings. The summed E-state index contributed by atoms with van der Waals surface area (Å²) in [6.07, 6.45) is 13.6. The first-order valence-electron chi connectivity index (χ1n) is 10.5. The van der Waals surface area contributed by atoms with Crippen molar-refractivity contribution < 1.29 is 19.9 Å². The quantitative estimate of drug-likeness (QED) is 0.155. The summed E-state index contributed by atoms with van der Waals surface area (Å²) < 4.78 is 0. The molecule has 0 aromatic carbocycles. The van der Waals surface area contributed by atoms with E-state index in [2.05, 4.69) is 6.92 Å². The van der Waals surface area contributed by atoms with Crippen molar-refractivity contribution in [2.24, 2.45) is 11.8 Å². The Hall–Kier alpha value is -1.43. The predicted molar refractivity (Wildman–Crippen MR) is 108 cm³/mol. The summed E-state index contributed by atoms with van der Waals surface area (Å²) in [6, 6.07) is -0.944. The Balaban J connectivity index is 4.32. The van der Waals surface area contributed by atoms with E-state index in [1.807, 2.05) is 0 Å². The van der Waals surface area contributed by atoms with E-state index in [0.29, 0.717) is 6.42 Å². The Morgan fingerprint density at radius 2 is 1.52 bits per heavy atom. The van der Waals surface area contributed by atoms with E-state index in [-0.39, 0.29) is 4.92 Å². The molecule has 4 atom stereocenters. The summed E-state index contributed by atoms with van der Waals surface area (Å²) in [6.45, 7) is 5.45. The monoisotopic (exact) mass is 385 g/mol. The first-order valence-corrected chi connectivity index (χ1v) is 10.5. The standard InChI is InChI=1S/C21H39NO5/c1-4-6-7-8-9-10-11-12-13-14-16-18(22(26)27)17(3)20(21(24)25)19(23)15-5-2/h5,15,17-20,23H,4,6-14,16H2,1-3H3,(H,24,25). The second-order valence-corrected chi connectivity index (χ2v) is 7.56. The fraction of sp³-hybridized carbons (Fsp3) is 0.857. The van der Waals surface area contributed by atoms with E-state index in [9.17, 15) is 25.1 Å². The van der Waals surface area contributed by atoms with Gasteiger partial charge in [0, 0.05) is 17.3 Å². The van der Waals surface area contributed by atoms with Gasteiger partial charge in [-0.05, 0) is 13.3 Å². The molecule has 158 valence electrons. The molecule has 0 aliphatic rings. The van der Waals surface area contributed by atoms with Crippen molar-refractivity contribution in [1.82, 2.24) is 0 Å². The van der Waals surface area contributed by atoms with Crippen LogP contribution in [0.4, 0.5) is 0 Å². The van der Waals surface area contributed by atoms with Crippen LogP contribution in [-0.2, 0) is 4.79 Å². The molecule has 4 unspecified atom stereocenters. The van der Waals surface area contributed by atoms with Crippen molar-refractivity contribution in [2.45, 2.75) is 104 Å². The predicted octanol–water partition coefficient (Wildman–Crippen LogP) is 5.22. The van der Waals surface area contributed by atoms with Gasteiger partial charge in [-0.1, -0.05) is 83.8 Å². The van der Waals surface area contributed by atoms with Gasteiger partial charge in [-0.3, -0.25) is 14.9 Å².